The smallest absolute Gasteiger partial charge is 0.309 e. The van der Waals surface area contributed by atoms with Crippen molar-refractivity contribution >= 4 is 21.8 Å². The maximum Gasteiger partial charge on any atom is 0.309 e. The molecular formula is C45H75N3O6S. The minimum atomic E-state index is -2.92. The van der Waals surface area contributed by atoms with Crippen molar-refractivity contribution in [2.75, 3.05) is 37.7 Å². The molecule has 0 aromatic carbocycles. The number of fused-ring (bicyclic) bond motifs is 7. The number of carboxylic acids is 1. The summed E-state index contributed by atoms with van der Waals surface area (Å²) in [5, 5.41) is 13.9. The number of carbonyl (C=O) groups is 2. The summed E-state index contributed by atoms with van der Waals surface area (Å²) in [7, 11) is -2.92. The number of rotatable bonds is 10. The van der Waals surface area contributed by atoms with E-state index in [0.29, 0.717) is 55.6 Å². The molecular weight excluding hydrogens is 711 g/mol. The molecule has 4 N–H and O–H groups in total. The average Bonchev–Trinajstić information content (AvgIpc) is 3.48. The predicted octanol–water partition coefficient (Wildman–Crippen LogP) is 7.09. The summed E-state index contributed by atoms with van der Waals surface area (Å²) in [4.78, 5) is 27.7. The Balaban J connectivity index is 1.07. The number of carbonyl (C=O) groups excluding carboxylic acids is 1. The van der Waals surface area contributed by atoms with Gasteiger partial charge in [-0.3, -0.25) is 14.5 Å². The molecule has 6 saturated carbocycles. The third kappa shape index (κ3) is 6.42. The second kappa shape index (κ2) is 14.1. The van der Waals surface area contributed by atoms with Gasteiger partial charge in [-0.15, -0.1) is 0 Å². The molecule has 1 aliphatic heterocycles. The Morgan fingerprint density at radius 1 is 0.873 bits per heavy atom. The third-order valence-electron chi connectivity index (χ3n) is 19.2. The largest absolute Gasteiger partial charge is 0.481 e. The number of nitrogens with one attached hydrogen (secondary N) is 1. The fourth-order valence-corrected chi connectivity index (χ4v) is 16.9. The minimum Gasteiger partial charge on any atom is -0.481 e. The van der Waals surface area contributed by atoms with Gasteiger partial charge in [0, 0.05) is 36.6 Å². The van der Waals surface area contributed by atoms with E-state index in [9.17, 15) is 23.1 Å². The molecule has 55 heavy (non-hydrogen) atoms. The van der Waals surface area contributed by atoms with E-state index in [1.54, 1.807) is 0 Å². The van der Waals surface area contributed by atoms with Crippen LogP contribution in [0.25, 0.3) is 0 Å². The van der Waals surface area contributed by atoms with Gasteiger partial charge in [-0.25, -0.2) is 8.42 Å². The first-order chi connectivity index (χ1) is 25.6. The Kier molecular flexibility index (Phi) is 10.7. The maximum absolute atomic E-state index is 13.6. The van der Waals surface area contributed by atoms with E-state index in [0.717, 1.165) is 32.2 Å². The Morgan fingerprint density at radius 2 is 1.56 bits per heavy atom. The van der Waals surface area contributed by atoms with Crippen LogP contribution in [-0.4, -0.2) is 85.7 Å². The molecule has 10 heteroatoms. The SMILES string of the molecule is C=C(C)[C@@H]1CC[C@]2(NCC[C@H](CN)N3CCS(=O)(=O)CC3)CC[C@]3(C)[C@H](CC[C@@H]4[C@@]5(C)CC[C@H](OC(=O)[C@H]6C[C@@H](C(=O)O)C6(C)C)C(C)(C)[C@@H]5CC[C@]43C)[C@@H]12. The summed E-state index contributed by atoms with van der Waals surface area (Å²) in [6, 6.07) is 0.201. The molecule has 9 nitrogen and oxygen atoms in total. The standard InChI is InChI=1S/C45H75N3O6S/c1-28(2)30-12-18-45(47-21-15-29(27-46)48-22-24-55(52,53)25-23-48)20-19-43(8)31(37(30)45)10-11-35-42(7)16-14-36(41(5,6)34(42)13-17-44(35,43)9)54-39(51)33-26-32(38(49)50)40(33,3)4/h29-37,47H,1,10-27,46H2,2-9H3,(H,49,50)/t29-,30+,31-,32+,33-,34+,35-,36+,37-,42+,43-,44-,45+/m1/s1. The summed E-state index contributed by atoms with van der Waals surface area (Å²) in [6.07, 6.45) is 12.8. The number of sulfone groups is 1. The molecule has 0 radical (unpaired) electrons. The van der Waals surface area contributed by atoms with Crippen molar-refractivity contribution in [3.05, 3.63) is 12.2 Å². The lowest BCUT2D eigenvalue weighted by molar-refractivity contribution is -0.248. The van der Waals surface area contributed by atoms with E-state index in [2.05, 4.69) is 58.3 Å². The quantitative estimate of drug-likeness (QED) is 0.157. The minimum absolute atomic E-state index is 0.103. The van der Waals surface area contributed by atoms with Crippen LogP contribution in [0.1, 0.15) is 132 Å². The first-order valence-electron chi connectivity index (χ1n) is 22.1. The molecule has 0 aromatic heterocycles. The van der Waals surface area contributed by atoms with Gasteiger partial charge < -0.3 is 20.9 Å². The molecule has 0 amide bonds. The lowest BCUT2D eigenvalue weighted by atomic mass is 9.32. The monoisotopic (exact) mass is 786 g/mol. The first-order valence-corrected chi connectivity index (χ1v) is 23.9. The van der Waals surface area contributed by atoms with E-state index in [1.165, 1.54) is 50.5 Å². The van der Waals surface area contributed by atoms with Gasteiger partial charge in [-0.2, -0.15) is 0 Å². The van der Waals surface area contributed by atoms with Crippen molar-refractivity contribution in [1.29, 1.82) is 0 Å². The number of aliphatic carboxylic acids is 1. The second-order valence-electron chi connectivity index (χ2n) is 21.9. The predicted molar refractivity (Wildman–Crippen MR) is 218 cm³/mol. The molecule has 1 heterocycles. The molecule has 7 rings (SSSR count). The van der Waals surface area contributed by atoms with Crippen LogP contribution in [0.5, 0.6) is 0 Å². The normalized spacial score (nSPS) is 46.1. The van der Waals surface area contributed by atoms with Gasteiger partial charge in [0.25, 0.3) is 0 Å². The Morgan fingerprint density at radius 3 is 2.18 bits per heavy atom. The molecule has 7 fully saturated rings. The van der Waals surface area contributed by atoms with Crippen molar-refractivity contribution < 1.29 is 27.9 Å². The Hall–Kier alpha value is -1.49. The van der Waals surface area contributed by atoms with Gasteiger partial charge in [0.2, 0.25) is 0 Å². The van der Waals surface area contributed by atoms with Crippen molar-refractivity contribution in [2.24, 2.45) is 74.2 Å². The molecule has 0 unspecified atom stereocenters. The zero-order valence-corrected chi connectivity index (χ0v) is 36.4. The fourth-order valence-electron chi connectivity index (χ4n) is 15.6. The number of nitrogens with zero attached hydrogens (tertiary/aromatic N) is 1. The molecule has 312 valence electrons. The van der Waals surface area contributed by atoms with Gasteiger partial charge in [0.1, 0.15) is 6.10 Å². The second-order valence-corrected chi connectivity index (χ2v) is 24.2. The third-order valence-corrected chi connectivity index (χ3v) is 20.8. The highest BCUT2D eigenvalue weighted by molar-refractivity contribution is 7.91. The van der Waals surface area contributed by atoms with Crippen LogP contribution in [0.2, 0.25) is 0 Å². The Bertz CT molecular complexity index is 1630. The number of esters is 1. The lowest BCUT2D eigenvalue weighted by Crippen LogP contribution is -2.69. The average molecular weight is 786 g/mol. The molecule has 0 spiro atoms. The van der Waals surface area contributed by atoms with Crippen LogP contribution in [0.3, 0.4) is 0 Å². The summed E-state index contributed by atoms with van der Waals surface area (Å²) in [6.45, 7) is 26.0. The highest BCUT2D eigenvalue weighted by atomic mass is 32.2. The van der Waals surface area contributed by atoms with Crippen molar-refractivity contribution in [1.82, 2.24) is 10.2 Å². The van der Waals surface area contributed by atoms with Crippen molar-refractivity contribution in [2.45, 2.75) is 150 Å². The van der Waals surface area contributed by atoms with Gasteiger partial charge in [0.05, 0.1) is 23.3 Å². The zero-order valence-electron chi connectivity index (χ0n) is 35.6. The Labute approximate surface area is 333 Å². The summed E-state index contributed by atoms with van der Waals surface area (Å²) < 4.78 is 30.7. The topological polar surface area (TPSA) is 139 Å². The number of hydrogen-bond acceptors (Lipinski definition) is 8. The van der Waals surface area contributed by atoms with Crippen LogP contribution < -0.4 is 11.1 Å². The van der Waals surface area contributed by atoms with Crippen LogP contribution in [0.15, 0.2) is 12.2 Å². The fraction of sp³-hybridized carbons (Fsp3) is 0.911. The van der Waals surface area contributed by atoms with Crippen molar-refractivity contribution in [3.8, 4) is 0 Å². The van der Waals surface area contributed by atoms with Crippen LogP contribution in [0, 0.1) is 68.5 Å². The first kappa shape index (κ1) is 41.7. The van der Waals surface area contributed by atoms with Gasteiger partial charge in [0.15, 0.2) is 9.84 Å². The molecule has 13 atom stereocenters. The highest BCUT2D eigenvalue weighted by Gasteiger charge is 2.71. The number of nitrogens with two attached hydrogens (primary N) is 1. The maximum atomic E-state index is 13.6. The summed E-state index contributed by atoms with van der Waals surface area (Å²) >= 11 is 0. The molecule has 0 aromatic rings. The lowest BCUT2D eigenvalue weighted by Gasteiger charge is -2.73. The van der Waals surface area contributed by atoms with E-state index >= 15 is 0 Å². The molecule has 0 bridgehead atoms. The van der Waals surface area contributed by atoms with Crippen LogP contribution >= 0.6 is 0 Å². The summed E-state index contributed by atoms with van der Waals surface area (Å²) in [5.41, 5.74) is 7.62. The van der Waals surface area contributed by atoms with Gasteiger partial charge in [-0.05, 0) is 142 Å². The van der Waals surface area contributed by atoms with Crippen LogP contribution in [0.4, 0.5) is 0 Å². The van der Waals surface area contributed by atoms with E-state index < -0.39 is 27.1 Å². The van der Waals surface area contributed by atoms with Crippen LogP contribution in [-0.2, 0) is 24.2 Å². The highest BCUT2D eigenvalue weighted by Crippen LogP contribution is 2.76. The van der Waals surface area contributed by atoms with Gasteiger partial charge >= 0.3 is 11.9 Å². The van der Waals surface area contributed by atoms with Gasteiger partial charge in [-0.1, -0.05) is 60.6 Å². The number of carboxylic acid groups (broad SMARTS) is 1. The van der Waals surface area contributed by atoms with E-state index in [4.69, 9.17) is 10.5 Å². The van der Waals surface area contributed by atoms with E-state index in [1.807, 2.05) is 13.8 Å². The zero-order chi connectivity index (χ0) is 40.1. The number of ether oxygens (including phenoxy) is 1. The molecule has 1 saturated heterocycles. The summed E-state index contributed by atoms with van der Waals surface area (Å²) in [5.74, 6) is 1.41. The number of hydrogen-bond donors (Lipinski definition) is 3. The van der Waals surface area contributed by atoms with Crippen molar-refractivity contribution in [3.63, 3.8) is 0 Å². The molecule has 6 aliphatic carbocycles. The van der Waals surface area contributed by atoms with E-state index in [-0.39, 0.29) is 62.7 Å². The molecule has 7 aliphatic rings. The number of allylic oxidation sites excluding steroid dienone is 1.